The summed E-state index contributed by atoms with van der Waals surface area (Å²) in [6, 6.07) is 10.3. The van der Waals surface area contributed by atoms with Gasteiger partial charge < -0.3 is 10.6 Å². The summed E-state index contributed by atoms with van der Waals surface area (Å²) in [4.78, 5) is 9.07. The van der Waals surface area contributed by atoms with Gasteiger partial charge in [-0.25, -0.2) is 4.98 Å². The molecule has 0 aliphatic carbocycles. The monoisotopic (exact) mass is 312 g/mol. The van der Waals surface area contributed by atoms with Crippen LogP contribution < -0.4 is 10.6 Å². The zero-order valence-corrected chi connectivity index (χ0v) is 15.3. The third kappa shape index (κ3) is 4.95. The van der Waals surface area contributed by atoms with E-state index in [1.807, 2.05) is 19.1 Å². The van der Waals surface area contributed by atoms with Gasteiger partial charge in [0.25, 0.3) is 0 Å². The minimum atomic E-state index is -0.0750. The zero-order valence-electron chi connectivity index (χ0n) is 15.3. The fourth-order valence-electron chi connectivity index (χ4n) is 2.41. The highest BCUT2D eigenvalue weighted by Gasteiger charge is 2.18. The Kier molecular flexibility index (Phi) is 4.64. The maximum Gasteiger partial charge on any atom is 0.225 e. The Balaban J connectivity index is 2.35. The van der Waals surface area contributed by atoms with E-state index in [-0.39, 0.29) is 11.0 Å². The van der Waals surface area contributed by atoms with Gasteiger partial charge in [-0.2, -0.15) is 4.98 Å². The van der Waals surface area contributed by atoms with Gasteiger partial charge in [-0.3, -0.25) is 0 Å². The number of hydrogen-bond donors (Lipinski definition) is 2. The highest BCUT2D eigenvalue weighted by atomic mass is 15.2. The average Bonchev–Trinajstić information content (AvgIpc) is 2.35. The number of hydrogen-bond acceptors (Lipinski definition) is 4. The summed E-state index contributed by atoms with van der Waals surface area (Å²) in [5.74, 6) is 1.45. The second-order valence-corrected chi connectivity index (χ2v) is 8.01. The van der Waals surface area contributed by atoms with Crippen molar-refractivity contribution < 1.29 is 0 Å². The molecule has 0 radical (unpaired) electrons. The van der Waals surface area contributed by atoms with Gasteiger partial charge in [-0.05, 0) is 44.7 Å². The molecule has 0 aliphatic rings. The third-order valence-corrected chi connectivity index (χ3v) is 3.34. The topological polar surface area (TPSA) is 49.8 Å². The highest BCUT2D eigenvalue weighted by molar-refractivity contribution is 5.63. The summed E-state index contributed by atoms with van der Waals surface area (Å²) in [7, 11) is 0. The molecule has 4 nitrogen and oxygen atoms in total. The van der Waals surface area contributed by atoms with Gasteiger partial charge in [0.05, 0.1) is 0 Å². The van der Waals surface area contributed by atoms with Crippen LogP contribution in [-0.4, -0.2) is 15.5 Å². The van der Waals surface area contributed by atoms with Crippen LogP contribution in [-0.2, 0) is 5.41 Å². The number of rotatable bonds is 3. The Morgan fingerprint density at radius 2 is 1.57 bits per heavy atom. The van der Waals surface area contributed by atoms with E-state index in [0.717, 1.165) is 17.2 Å². The molecule has 0 atom stereocenters. The molecule has 0 fully saturated rings. The van der Waals surface area contributed by atoms with Crippen molar-refractivity contribution >= 4 is 17.5 Å². The van der Waals surface area contributed by atoms with E-state index in [0.29, 0.717) is 5.95 Å². The number of aromatic nitrogens is 2. The van der Waals surface area contributed by atoms with Gasteiger partial charge in [0.15, 0.2) is 0 Å². The van der Waals surface area contributed by atoms with E-state index < -0.39 is 0 Å². The van der Waals surface area contributed by atoms with Gasteiger partial charge in [-0.1, -0.05) is 39.0 Å². The standard InChI is InChI=1S/C19H28N4/c1-13-12-16(22-17(20-13)23-19(5,6)7)21-15-11-9-8-10-14(15)18(2,3)4/h8-12H,1-7H3,(H2,20,21,22,23). The van der Waals surface area contributed by atoms with Crippen LogP contribution in [0.2, 0.25) is 0 Å². The molecule has 4 heteroatoms. The number of nitrogens with zero attached hydrogens (tertiary/aromatic N) is 2. The normalized spacial score (nSPS) is 12.1. The van der Waals surface area contributed by atoms with Crippen LogP contribution in [0.4, 0.5) is 17.5 Å². The molecule has 0 saturated carbocycles. The van der Waals surface area contributed by atoms with Crippen molar-refractivity contribution in [3.8, 4) is 0 Å². The van der Waals surface area contributed by atoms with Gasteiger partial charge >= 0.3 is 0 Å². The quantitative estimate of drug-likeness (QED) is 0.834. The van der Waals surface area contributed by atoms with E-state index in [9.17, 15) is 0 Å². The smallest absolute Gasteiger partial charge is 0.225 e. The summed E-state index contributed by atoms with van der Waals surface area (Å²) in [5.41, 5.74) is 3.27. The minimum absolute atomic E-state index is 0.0676. The maximum absolute atomic E-state index is 4.60. The number of nitrogens with one attached hydrogen (secondary N) is 2. The van der Waals surface area contributed by atoms with Gasteiger partial charge in [-0.15, -0.1) is 0 Å². The second-order valence-electron chi connectivity index (χ2n) is 8.01. The summed E-state index contributed by atoms with van der Waals surface area (Å²) in [6.45, 7) is 14.9. The lowest BCUT2D eigenvalue weighted by molar-refractivity contribution is 0.592. The van der Waals surface area contributed by atoms with Crippen molar-refractivity contribution in [3.63, 3.8) is 0 Å². The predicted molar refractivity (Wildman–Crippen MR) is 98.6 cm³/mol. The SMILES string of the molecule is Cc1cc(Nc2ccccc2C(C)(C)C)nc(NC(C)(C)C)n1. The van der Waals surface area contributed by atoms with E-state index in [1.54, 1.807) is 0 Å². The molecule has 0 unspecified atom stereocenters. The second kappa shape index (κ2) is 6.19. The van der Waals surface area contributed by atoms with Crippen LogP contribution in [0.5, 0.6) is 0 Å². The Morgan fingerprint density at radius 3 is 2.17 bits per heavy atom. The lowest BCUT2D eigenvalue weighted by Crippen LogP contribution is -2.27. The molecule has 0 amide bonds. The largest absolute Gasteiger partial charge is 0.350 e. The first-order valence-electron chi connectivity index (χ1n) is 8.05. The summed E-state index contributed by atoms with van der Waals surface area (Å²) < 4.78 is 0. The van der Waals surface area contributed by atoms with Crippen molar-refractivity contribution in [2.45, 2.75) is 59.4 Å². The van der Waals surface area contributed by atoms with E-state index in [2.05, 4.69) is 80.3 Å². The van der Waals surface area contributed by atoms with Crippen molar-refractivity contribution in [2.75, 3.05) is 10.6 Å². The van der Waals surface area contributed by atoms with Crippen LogP contribution in [0, 0.1) is 6.92 Å². The molecular weight excluding hydrogens is 284 g/mol. The molecule has 1 aromatic carbocycles. The highest BCUT2D eigenvalue weighted by Crippen LogP contribution is 2.31. The molecule has 0 spiro atoms. The average molecular weight is 312 g/mol. The molecule has 2 rings (SSSR count). The van der Waals surface area contributed by atoms with Crippen LogP contribution in [0.15, 0.2) is 30.3 Å². The van der Waals surface area contributed by atoms with Crippen molar-refractivity contribution in [1.29, 1.82) is 0 Å². The van der Waals surface area contributed by atoms with E-state index >= 15 is 0 Å². The minimum Gasteiger partial charge on any atom is -0.350 e. The van der Waals surface area contributed by atoms with Crippen molar-refractivity contribution in [1.82, 2.24) is 9.97 Å². The number of para-hydroxylation sites is 1. The van der Waals surface area contributed by atoms with Crippen LogP contribution in [0.1, 0.15) is 52.8 Å². The fraction of sp³-hybridized carbons (Fsp3) is 0.474. The summed E-state index contributed by atoms with van der Waals surface area (Å²) in [6.07, 6.45) is 0. The fourth-order valence-corrected chi connectivity index (χ4v) is 2.41. The van der Waals surface area contributed by atoms with Gasteiger partial charge in [0, 0.05) is 23.0 Å². The Bertz CT molecular complexity index is 678. The molecule has 23 heavy (non-hydrogen) atoms. The van der Waals surface area contributed by atoms with Crippen LogP contribution in [0.3, 0.4) is 0 Å². The number of benzene rings is 1. The summed E-state index contributed by atoms with van der Waals surface area (Å²) >= 11 is 0. The van der Waals surface area contributed by atoms with Crippen molar-refractivity contribution in [2.24, 2.45) is 0 Å². The molecule has 0 aliphatic heterocycles. The molecule has 124 valence electrons. The predicted octanol–water partition coefficient (Wildman–Crippen LogP) is 5.04. The first kappa shape index (κ1) is 17.3. The van der Waals surface area contributed by atoms with Gasteiger partial charge in [0.1, 0.15) is 5.82 Å². The lowest BCUT2D eigenvalue weighted by Gasteiger charge is -2.24. The third-order valence-electron chi connectivity index (χ3n) is 3.34. The first-order chi connectivity index (χ1) is 10.5. The number of aryl methyl sites for hydroxylation is 1. The molecule has 0 saturated heterocycles. The van der Waals surface area contributed by atoms with E-state index in [4.69, 9.17) is 0 Å². The first-order valence-corrected chi connectivity index (χ1v) is 8.05. The Hall–Kier alpha value is -2.10. The maximum atomic E-state index is 4.60. The number of anilines is 3. The molecular formula is C19H28N4. The van der Waals surface area contributed by atoms with E-state index in [1.165, 1.54) is 5.56 Å². The molecule has 1 heterocycles. The van der Waals surface area contributed by atoms with Crippen LogP contribution in [0.25, 0.3) is 0 Å². The molecule has 1 aromatic heterocycles. The lowest BCUT2D eigenvalue weighted by atomic mass is 9.86. The zero-order chi connectivity index (χ0) is 17.3. The van der Waals surface area contributed by atoms with Crippen LogP contribution >= 0.6 is 0 Å². The Labute approximate surface area is 139 Å². The van der Waals surface area contributed by atoms with Gasteiger partial charge in [0.2, 0.25) is 5.95 Å². The van der Waals surface area contributed by atoms with Crippen molar-refractivity contribution in [3.05, 3.63) is 41.6 Å². The summed E-state index contributed by atoms with van der Waals surface area (Å²) in [5, 5.41) is 6.79. The molecule has 0 bridgehead atoms. The Morgan fingerprint density at radius 1 is 0.913 bits per heavy atom. The molecule has 2 aromatic rings. The molecule has 2 N–H and O–H groups in total.